The zero-order valence-corrected chi connectivity index (χ0v) is 15.1. The maximum Gasteiger partial charge on any atom is 0.255 e. The summed E-state index contributed by atoms with van der Waals surface area (Å²) in [5.41, 5.74) is 2.44. The molecule has 3 rings (SSSR count). The molecule has 6 heteroatoms. The summed E-state index contributed by atoms with van der Waals surface area (Å²) in [4.78, 5) is 14.6. The molecule has 2 aromatic carbocycles. The van der Waals surface area contributed by atoms with Crippen molar-refractivity contribution in [2.24, 2.45) is 0 Å². The van der Waals surface area contributed by atoms with Gasteiger partial charge in [-0.3, -0.25) is 4.79 Å². The zero-order chi connectivity index (χ0) is 18.1. The first kappa shape index (κ1) is 17.5. The van der Waals surface area contributed by atoms with Crippen molar-refractivity contribution < 1.29 is 18.7 Å². The van der Waals surface area contributed by atoms with Gasteiger partial charge in [0.05, 0.1) is 30.8 Å². The third-order valence-electron chi connectivity index (χ3n) is 4.61. The molecule has 0 saturated carbocycles. The Morgan fingerprint density at radius 1 is 1.20 bits per heavy atom. The standard InChI is InChI=1S/C19H19ClFNO3/c1-11-15-10-18(25-3)17(24-2)8-12(15)6-7-22(11)19(23)14-5-4-13(21)9-16(14)20/h4-5,8-11H,6-7H2,1-3H3. The number of hydrogen-bond donors (Lipinski definition) is 0. The molecule has 1 unspecified atom stereocenters. The summed E-state index contributed by atoms with van der Waals surface area (Å²) in [5, 5.41) is 0.121. The molecule has 0 spiro atoms. The second-order valence-electron chi connectivity index (χ2n) is 5.95. The van der Waals surface area contributed by atoms with E-state index in [1.807, 2.05) is 19.1 Å². The van der Waals surface area contributed by atoms with Crippen LogP contribution >= 0.6 is 11.6 Å². The molecule has 4 nitrogen and oxygen atoms in total. The highest BCUT2D eigenvalue weighted by Gasteiger charge is 2.30. The van der Waals surface area contributed by atoms with Crippen molar-refractivity contribution in [3.05, 3.63) is 57.9 Å². The molecule has 0 N–H and O–H groups in total. The molecular weight excluding hydrogens is 345 g/mol. The number of ether oxygens (including phenoxy) is 2. The van der Waals surface area contributed by atoms with Crippen LogP contribution in [0.4, 0.5) is 4.39 Å². The van der Waals surface area contributed by atoms with Gasteiger partial charge in [-0.15, -0.1) is 0 Å². The van der Waals surface area contributed by atoms with E-state index in [2.05, 4.69) is 0 Å². The van der Waals surface area contributed by atoms with E-state index in [1.54, 1.807) is 19.1 Å². The number of benzene rings is 2. The fraction of sp³-hybridized carbons (Fsp3) is 0.316. The Hall–Kier alpha value is -2.27. The van der Waals surface area contributed by atoms with Gasteiger partial charge in [0, 0.05) is 6.54 Å². The van der Waals surface area contributed by atoms with Gasteiger partial charge in [0.25, 0.3) is 5.91 Å². The Morgan fingerprint density at radius 2 is 1.88 bits per heavy atom. The molecule has 1 aliphatic rings. The van der Waals surface area contributed by atoms with Gasteiger partial charge in [0.2, 0.25) is 0 Å². The third kappa shape index (κ3) is 3.16. The molecule has 2 aromatic rings. The molecule has 0 fully saturated rings. The van der Waals surface area contributed by atoms with Crippen molar-refractivity contribution in [2.45, 2.75) is 19.4 Å². The van der Waals surface area contributed by atoms with Crippen LogP contribution in [0.15, 0.2) is 30.3 Å². The van der Waals surface area contributed by atoms with E-state index in [0.29, 0.717) is 30.0 Å². The molecule has 0 bridgehead atoms. The summed E-state index contributed by atoms with van der Waals surface area (Å²) in [6.45, 7) is 2.51. The minimum absolute atomic E-state index is 0.121. The topological polar surface area (TPSA) is 38.8 Å². The van der Waals surface area contributed by atoms with Gasteiger partial charge in [-0.1, -0.05) is 11.6 Å². The van der Waals surface area contributed by atoms with Crippen LogP contribution in [-0.2, 0) is 6.42 Å². The maximum absolute atomic E-state index is 13.2. The first-order chi connectivity index (χ1) is 12.0. The van der Waals surface area contributed by atoms with Gasteiger partial charge in [-0.05, 0) is 54.8 Å². The maximum atomic E-state index is 13.2. The predicted molar refractivity (Wildman–Crippen MR) is 94.1 cm³/mol. The van der Waals surface area contributed by atoms with Crippen LogP contribution in [-0.4, -0.2) is 31.6 Å². The van der Waals surface area contributed by atoms with Crippen LogP contribution < -0.4 is 9.47 Å². The minimum atomic E-state index is -0.463. The zero-order valence-electron chi connectivity index (χ0n) is 14.3. The van der Waals surface area contributed by atoms with Crippen molar-refractivity contribution in [3.8, 4) is 11.5 Å². The summed E-state index contributed by atoms with van der Waals surface area (Å²) in [6, 6.07) is 7.54. The Labute approximate surface area is 151 Å². The Balaban J connectivity index is 1.95. The van der Waals surface area contributed by atoms with Crippen molar-refractivity contribution in [1.29, 1.82) is 0 Å². The number of fused-ring (bicyclic) bond motifs is 1. The van der Waals surface area contributed by atoms with Gasteiger partial charge in [0.15, 0.2) is 11.5 Å². The summed E-state index contributed by atoms with van der Waals surface area (Å²) < 4.78 is 24.0. The predicted octanol–water partition coefficient (Wildman–Crippen LogP) is 4.26. The number of nitrogens with zero attached hydrogens (tertiary/aromatic N) is 1. The molecule has 0 radical (unpaired) electrons. The number of halogens is 2. The number of carbonyl (C=O) groups excluding carboxylic acids is 1. The van der Waals surface area contributed by atoms with Crippen molar-refractivity contribution in [1.82, 2.24) is 4.90 Å². The highest BCUT2D eigenvalue weighted by Crippen LogP contribution is 2.38. The lowest BCUT2D eigenvalue weighted by Gasteiger charge is -2.36. The Bertz CT molecular complexity index is 825. The van der Waals surface area contributed by atoms with E-state index in [0.717, 1.165) is 17.2 Å². The molecule has 1 heterocycles. The van der Waals surface area contributed by atoms with Crippen LogP contribution in [0.2, 0.25) is 5.02 Å². The molecule has 25 heavy (non-hydrogen) atoms. The summed E-state index contributed by atoms with van der Waals surface area (Å²) in [6.07, 6.45) is 0.699. The second kappa shape index (κ2) is 6.92. The van der Waals surface area contributed by atoms with Crippen LogP contribution in [0.1, 0.15) is 34.5 Å². The molecule has 132 valence electrons. The average Bonchev–Trinajstić information content (AvgIpc) is 2.60. The van der Waals surface area contributed by atoms with E-state index >= 15 is 0 Å². The van der Waals surface area contributed by atoms with E-state index < -0.39 is 5.82 Å². The SMILES string of the molecule is COc1cc2c(cc1OC)C(C)N(C(=O)c1ccc(F)cc1Cl)CC2. The van der Waals surface area contributed by atoms with Gasteiger partial charge in [-0.2, -0.15) is 0 Å². The van der Waals surface area contributed by atoms with Crippen molar-refractivity contribution in [3.63, 3.8) is 0 Å². The van der Waals surface area contributed by atoms with E-state index in [4.69, 9.17) is 21.1 Å². The highest BCUT2D eigenvalue weighted by molar-refractivity contribution is 6.33. The largest absolute Gasteiger partial charge is 0.493 e. The van der Waals surface area contributed by atoms with Gasteiger partial charge in [-0.25, -0.2) is 4.39 Å². The van der Waals surface area contributed by atoms with Crippen LogP contribution in [0.25, 0.3) is 0 Å². The molecule has 1 aliphatic heterocycles. The van der Waals surface area contributed by atoms with Crippen LogP contribution in [0.5, 0.6) is 11.5 Å². The van der Waals surface area contributed by atoms with Gasteiger partial charge in [0.1, 0.15) is 5.82 Å². The van der Waals surface area contributed by atoms with E-state index in [9.17, 15) is 9.18 Å². The molecule has 1 atom stereocenters. The number of carbonyl (C=O) groups is 1. The Morgan fingerprint density at radius 3 is 2.52 bits per heavy atom. The lowest BCUT2D eigenvalue weighted by molar-refractivity contribution is 0.0677. The molecule has 0 saturated heterocycles. The first-order valence-electron chi connectivity index (χ1n) is 7.97. The summed E-state index contributed by atoms with van der Waals surface area (Å²) >= 11 is 6.05. The summed E-state index contributed by atoms with van der Waals surface area (Å²) in [7, 11) is 3.18. The van der Waals surface area contributed by atoms with Crippen LogP contribution in [0.3, 0.4) is 0 Å². The molecular formula is C19H19ClFNO3. The number of amides is 1. The number of methoxy groups -OCH3 is 2. The third-order valence-corrected chi connectivity index (χ3v) is 4.92. The second-order valence-corrected chi connectivity index (χ2v) is 6.36. The van der Waals surface area contributed by atoms with Gasteiger partial charge >= 0.3 is 0 Å². The van der Waals surface area contributed by atoms with Crippen LogP contribution in [0, 0.1) is 5.82 Å². The monoisotopic (exact) mass is 363 g/mol. The first-order valence-corrected chi connectivity index (χ1v) is 8.35. The lowest BCUT2D eigenvalue weighted by Crippen LogP contribution is -2.39. The number of rotatable bonds is 3. The van der Waals surface area contributed by atoms with Gasteiger partial charge < -0.3 is 14.4 Å². The van der Waals surface area contributed by atoms with Crippen molar-refractivity contribution in [2.75, 3.05) is 20.8 Å². The fourth-order valence-corrected chi connectivity index (χ4v) is 3.49. The Kier molecular flexibility index (Phi) is 4.86. The fourth-order valence-electron chi connectivity index (χ4n) is 3.24. The molecule has 1 amide bonds. The molecule has 0 aromatic heterocycles. The van der Waals surface area contributed by atoms with Crippen molar-refractivity contribution >= 4 is 17.5 Å². The number of hydrogen-bond acceptors (Lipinski definition) is 3. The minimum Gasteiger partial charge on any atom is -0.493 e. The smallest absolute Gasteiger partial charge is 0.255 e. The van der Waals surface area contributed by atoms with E-state index in [1.165, 1.54) is 12.1 Å². The summed E-state index contributed by atoms with van der Waals surface area (Å²) in [5.74, 6) is 0.630. The average molecular weight is 364 g/mol. The highest BCUT2D eigenvalue weighted by atomic mass is 35.5. The molecule has 0 aliphatic carbocycles. The quantitative estimate of drug-likeness (QED) is 0.818. The normalized spacial score (nSPS) is 16.4. The van der Waals surface area contributed by atoms with E-state index in [-0.39, 0.29) is 17.0 Å². The lowest BCUT2D eigenvalue weighted by atomic mass is 9.92.